The molecule has 1 heterocycles. The highest BCUT2D eigenvalue weighted by atomic mass is 35.5. The lowest BCUT2D eigenvalue weighted by molar-refractivity contribution is -0.123. The summed E-state index contributed by atoms with van der Waals surface area (Å²) in [7, 11) is -4.04. The number of carbonyl (C=O) groups is 2. The Morgan fingerprint density at radius 2 is 1.74 bits per heavy atom. The maximum Gasteiger partial charge on any atom is 0.338 e. The Kier molecular flexibility index (Phi) is 8.51. The van der Waals surface area contributed by atoms with E-state index in [1.165, 1.54) is 31.3 Å². The first-order valence-electron chi connectivity index (χ1n) is 9.73. The number of nitrogens with zero attached hydrogens (tertiary/aromatic N) is 1. The second kappa shape index (κ2) is 11.2. The summed E-state index contributed by atoms with van der Waals surface area (Å²) >= 11 is 17.8. The number of rotatable bonds is 8. The summed E-state index contributed by atoms with van der Waals surface area (Å²) in [4.78, 5) is 28.5. The Labute approximate surface area is 211 Å². The number of anilines is 1. The molecule has 12 heteroatoms. The summed E-state index contributed by atoms with van der Waals surface area (Å²) in [6, 6.07) is 13.9. The molecular formula is C22H18Cl3N3O5S. The fourth-order valence-electron chi connectivity index (χ4n) is 2.70. The van der Waals surface area contributed by atoms with Crippen LogP contribution in [0.1, 0.15) is 22.8 Å². The van der Waals surface area contributed by atoms with Gasteiger partial charge in [0.15, 0.2) is 11.9 Å². The lowest BCUT2D eigenvalue weighted by atomic mass is 10.2. The monoisotopic (exact) mass is 541 g/mol. The van der Waals surface area contributed by atoms with E-state index in [0.717, 1.165) is 11.6 Å². The Morgan fingerprint density at radius 1 is 1.03 bits per heavy atom. The van der Waals surface area contributed by atoms with Crippen LogP contribution in [0.3, 0.4) is 0 Å². The van der Waals surface area contributed by atoms with Gasteiger partial charge in [-0.25, -0.2) is 22.9 Å². The second-order valence-corrected chi connectivity index (χ2v) is 9.96. The fraction of sp³-hybridized carbons (Fsp3) is 0.136. The van der Waals surface area contributed by atoms with Gasteiger partial charge in [0.05, 0.1) is 20.6 Å². The van der Waals surface area contributed by atoms with Gasteiger partial charge in [0.2, 0.25) is 10.0 Å². The van der Waals surface area contributed by atoms with Crippen molar-refractivity contribution >= 4 is 62.5 Å². The molecule has 0 aliphatic carbocycles. The van der Waals surface area contributed by atoms with E-state index in [9.17, 15) is 18.0 Å². The van der Waals surface area contributed by atoms with Crippen LogP contribution in [0, 0.1) is 0 Å². The van der Waals surface area contributed by atoms with Gasteiger partial charge in [0, 0.05) is 12.7 Å². The van der Waals surface area contributed by atoms with Crippen molar-refractivity contribution in [1.29, 1.82) is 0 Å². The molecule has 1 amide bonds. The fourth-order valence-corrected chi connectivity index (χ4v) is 4.66. The molecule has 34 heavy (non-hydrogen) atoms. The van der Waals surface area contributed by atoms with Gasteiger partial charge in [0.25, 0.3) is 5.91 Å². The van der Waals surface area contributed by atoms with Crippen molar-refractivity contribution in [2.45, 2.75) is 24.5 Å². The molecule has 0 bridgehead atoms. The van der Waals surface area contributed by atoms with Crippen LogP contribution in [0.2, 0.25) is 15.1 Å². The van der Waals surface area contributed by atoms with Crippen molar-refractivity contribution in [2.75, 3.05) is 5.32 Å². The number of hydrogen-bond acceptors (Lipinski definition) is 6. The third-order valence-corrected chi connectivity index (χ3v) is 6.85. The number of benzene rings is 2. The number of aromatic nitrogens is 1. The highest BCUT2D eigenvalue weighted by molar-refractivity contribution is 7.89. The zero-order valence-electron chi connectivity index (χ0n) is 17.6. The van der Waals surface area contributed by atoms with Crippen molar-refractivity contribution in [2.24, 2.45) is 0 Å². The second-order valence-electron chi connectivity index (χ2n) is 6.98. The number of sulfonamides is 1. The van der Waals surface area contributed by atoms with Crippen molar-refractivity contribution < 1.29 is 22.7 Å². The number of esters is 1. The number of halogens is 3. The molecule has 1 aromatic heterocycles. The van der Waals surface area contributed by atoms with Gasteiger partial charge >= 0.3 is 5.97 Å². The minimum atomic E-state index is -4.04. The molecule has 0 unspecified atom stereocenters. The average molecular weight is 543 g/mol. The Hall–Kier alpha value is -2.69. The Morgan fingerprint density at radius 3 is 2.41 bits per heavy atom. The van der Waals surface area contributed by atoms with Crippen molar-refractivity contribution in [3.8, 4) is 0 Å². The van der Waals surface area contributed by atoms with E-state index >= 15 is 0 Å². The van der Waals surface area contributed by atoms with Gasteiger partial charge in [-0.1, -0.05) is 65.1 Å². The van der Waals surface area contributed by atoms with Gasteiger partial charge in [0.1, 0.15) is 4.90 Å². The van der Waals surface area contributed by atoms with E-state index in [4.69, 9.17) is 39.5 Å². The summed E-state index contributed by atoms with van der Waals surface area (Å²) in [6.07, 6.45) is 0.0503. The van der Waals surface area contributed by atoms with Gasteiger partial charge in [-0.15, -0.1) is 0 Å². The zero-order valence-corrected chi connectivity index (χ0v) is 20.7. The van der Waals surface area contributed by atoms with E-state index in [0.29, 0.717) is 0 Å². The maximum atomic E-state index is 12.8. The normalized spacial score (nSPS) is 12.1. The molecule has 0 aliphatic rings. The highest BCUT2D eigenvalue weighted by Crippen LogP contribution is 2.25. The molecule has 1 atom stereocenters. The minimum Gasteiger partial charge on any atom is -0.449 e. The summed E-state index contributed by atoms with van der Waals surface area (Å²) in [5.74, 6) is -1.58. The molecule has 0 saturated heterocycles. The van der Waals surface area contributed by atoms with Gasteiger partial charge in [-0.2, -0.15) is 0 Å². The van der Waals surface area contributed by atoms with Crippen molar-refractivity contribution in [3.05, 3.63) is 87.0 Å². The smallest absolute Gasteiger partial charge is 0.338 e. The quantitative estimate of drug-likeness (QED) is 0.399. The van der Waals surface area contributed by atoms with E-state index < -0.39 is 28.0 Å². The number of hydrogen-bond donors (Lipinski definition) is 2. The van der Waals surface area contributed by atoms with Gasteiger partial charge < -0.3 is 10.1 Å². The van der Waals surface area contributed by atoms with Crippen LogP contribution in [0.15, 0.2) is 65.7 Å². The SMILES string of the molecule is C[C@H](OC(=O)c1ccc(Cl)c(S(=O)(=O)NCc2ccccc2)c1)C(=O)Nc1ncc(Cl)cc1Cl. The van der Waals surface area contributed by atoms with Gasteiger partial charge in [-0.05, 0) is 36.8 Å². The molecule has 178 valence electrons. The Balaban J connectivity index is 1.70. The van der Waals surface area contributed by atoms with Crippen LogP contribution in [-0.4, -0.2) is 31.4 Å². The van der Waals surface area contributed by atoms with Crippen molar-refractivity contribution in [1.82, 2.24) is 9.71 Å². The van der Waals surface area contributed by atoms with E-state index in [2.05, 4.69) is 15.0 Å². The molecule has 2 N–H and O–H groups in total. The van der Waals surface area contributed by atoms with Crippen LogP contribution in [0.5, 0.6) is 0 Å². The number of nitrogens with one attached hydrogen (secondary N) is 2. The first kappa shape index (κ1) is 25.9. The van der Waals surface area contributed by atoms with Crippen LogP contribution < -0.4 is 10.0 Å². The van der Waals surface area contributed by atoms with Crippen molar-refractivity contribution in [3.63, 3.8) is 0 Å². The largest absolute Gasteiger partial charge is 0.449 e. The summed E-state index contributed by atoms with van der Waals surface area (Å²) in [5, 5.41) is 2.74. The first-order valence-corrected chi connectivity index (χ1v) is 12.3. The van der Waals surface area contributed by atoms with Crippen LogP contribution in [-0.2, 0) is 26.1 Å². The molecule has 3 rings (SSSR count). The zero-order chi connectivity index (χ0) is 24.9. The van der Waals surface area contributed by atoms with Crippen LogP contribution >= 0.6 is 34.8 Å². The minimum absolute atomic E-state index is 0.0344. The van der Waals surface area contributed by atoms with E-state index in [1.54, 1.807) is 24.3 Å². The molecule has 0 fully saturated rings. The molecule has 0 saturated carbocycles. The van der Waals surface area contributed by atoms with E-state index in [1.807, 2.05) is 6.07 Å². The number of ether oxygens (including phenoxy) is 1. The predicted molar refractivity (Wildman–Crippen MR) is 130 cm³/mol. The average Bonchev–Trinajstić information content (AvgIpc) is 2.80. The number of carbonyl (C=O) groups excluding carboxylic acids is 2. The topological polar surface area (TPSA) is 114 Å². The third kappa shape index (κ3) is 6.68. The van der Waals surface area contributed by atoms with Crippen LogP contribution in [0.4, 0.5) is 5.82 Å². The standard InChI is InChI=1S/C22H18Cl3N3O5S/c1-13(21(29)28-20-18(25)10-16(23)12-26-20)33-22(30)15-7-8-17(24)19(9-15)34(31,32)27-11-14-5-3-2-4-6-14/h2-10,12-13,27H,11H2,1H3,(H,26,28,29)/t13-/m0/s1. The third-order valence-electron chi connectivity index (χ3n) is 4.47. The lowest BCUT2D eigenvalue weighted by Crippen LogP contribution is -2.30. The highest BCUT2D eigenvalue weighted by Gasteiger charge is 2.24. The number of pyridine rings is 1. The molecule has 2 aromatic carbocycles. The number of amides is 1. The summed E-state index contributed by atoms with van der Waals surface area (Å²) in [6.45, 7) is 1.37. The Bertz CT molecular complexity index is 1320. The van der Waals surface area contributed by atoms with E-state index in [-0.39, 0.29) is 37.9 Å². The molecule has 0 radical (unpaired) electrons. The van der Waals surface area contributed by atoms with Crippen LogP contribution in [0.25, 0.3) is 0 Å². The summed E-state index contributed by atoms with van der Waals surface area (Å²) < 4.78 is 33.1. The van der Waals surface area contributed by atoms with Gasteiger partial charge in [-0.3, -0.25) is 4.79 Å². The predicted octanol–water partition coefficient (Wildman–Crippen LogP) is 4.70. The lowest BCUT2D eigenvalue weighted by Gasteiger charge is -2.15. The first-order chi connectivity index (χ1) is 16.1. The molecule has 0 spiro atoms. The summed E-state index contributed by atoms with van der Waals surface area (Å²) in [5.41, 5.74) is 0.639. The molecule has 3 aromatic rings. The maximum absolute atomic E-state index is 12.8. The molecular weight excluding hydrogens is 525 g/mol. The molecule has 8 nitrogen and oxygen atoms in total. The molecule has 0 aliphatic heterocycles.